The van der Waals surface area contributed by atoms with Gasteiger partial charge in [0.25, 0.3) is 0 Å². The first-order valence-corrected chi connectivity index (χ1v) is 14.1. The highest BCUT2D eigenvalue weighted by Crippen LogP contribution is 2.39. The number of rotatable bonds is 6. The molecule has 3 aromatic heterocycles. The fraction of sp³-hybridized carbons (Fsp3) is 0.500. The van der Waals surface area contributed by atoms with Crippen LogP contribution >= 0.6 is 0 Å². The van der Waals surface area contributed by atoms with E-state index in [-0.39, 0.29) is 18.1 Å². The molecule has 1 unspecified atom stereocenters. The average molecular weight is 589 g/mol. The standard InChI is InChI=1S/C30H36N8O5/c1-16-24-18(26(39)42-30(16,7)8)9-10-22(35-24)34-23-11-19-20(12-32-23)25(33-13-21(19)29(5,6)36-37-31)41-17-14-38(15-17)27(40)43-28(2,3)4/h9-13,16-17H,14-15H2,1-8H3,(H,32,34,35). The number of cyclic esters (lactones) is 1. The van der Waals surface area contributed by atoms with E-state index >= 15 is 0 Å². The van der Waals surface area contributed by atoms with Crippen molar-refractivity contribution in [3.63, 3.8) is 0 Å². The lowest BCUT2D eigenvalue weighted by Crippen LogP contribution is -2.57. The van der Waals surface area contributed by atoms with Crippen LogP contribution in [0.5, 0.6) is 5.88 Å². The molecule has 226 valence electrons. The van der Waals surface area contributed by atoms with Gasteiger partial charge in [0.05, 0.1) is 35.3 Å². The summed E-state index contributed by atoms with van der Waals surface area (Å²) in [5.74, 6) is 0.837. The highest BCUT2D eigenvalue weighted by Gasteiger charge is 2.40. The maximum Gasteiger partial charge on any atom is 0.410 e. The van der Waals surface area contributed by atoms with Gasteiger partial charge in [-0.3, -0.25) is 0 Å². The fourth-order valence-corrected chi connectivity index (χ4v) is 4.96. The van der Waals surface area contributed by atoms with Crippen molar-refractivity contribution in [3.05, 3.63) is 57.9 Å². The van der Waals surface area contributed by atoms with E-state index in [2.05, 4.69) is 25.3 Å². The maximum absolute atomic E-state index is 12.5. The summed E-state index contributed by atoms with van der Waals surface area (Å²) < 4.78 is 17.2. The molecule has 0 saturated carbocycles. The van der Waals surface area contributed by atoms with Crippen LogP contribution in [0.2, 0.25) is 0 Å². The van der Waals surface area contributed by atoms with Gasteiger partial charge in [0.2, 0.25) is 5.88 Å². The number of hydrogen-bond acceptors (Lipinski definition) is 10. The van der Waals surface area contributed by atoms with Gasteiger partial charge in [-0.2, -0.15) is 0 Å². The predicted molar refractivity (Wildman–Crippen MR) is 159 cm³/mol. The molecular weight excluding hydrogens is 552 g/mol. The molecule has 43 heavy (non-hydrogen) atoms. The summed E-state index contributed by atoms with van der Waals surface area (Å²) in [5.41, 5.74) is 8.79. The molecule has 2 aliphatic heterocycles. The van der Waals surface area contributed by atoms with Crippen LogP contribution in [0, 0.1) is 0 Å². The lowest BCUT2D eigenvalue weighted by molar-refractivity contribution is -0.0229. The van der Waals surface area contributed by atoms with Crippen LogP contribution in [0.15, 0.2) is 35.7 Å². The minimum atomic E-state index is -0.924. The molecule has 1 N–H and O–H groups in total. The van der Waals surface area contributed by atoms with Gasteiger partial charge in [-0.15, -0.1) is 0 Å². The monoisotopic (exact) mass is 588 g/mol. The van der Waals surface area contributed by atoms with Gasteiger partial charge >= 0.3 is 12.1 Å². The number of pyridine rings is 3. The number of likely N-dealkylation sites (tertiary alicyclic amines) is 1. The molecule has 0 aliphatic carbocycles. The summed E-state index contributed by atoms with van der Waals surface area (Å²) in [6.45, 7) is 15.5. The number of anilines is 2. The Kier molecular flexibility index (Phi) is 7.33. The molecule has 0 spiro atoms. The Labute approximate surface area is 249 Å². The number of aromatic nitrogens is 3. The number of hydrogen-bond donors (Lipinski definition) is 1. The van der Waals surface area contributed by atoms with Gasteiger partial charge in [0.1, 0.15) is 28.9 Å². The fourth-order valence-electron chi connectivity index (χ4n) is 4.96. The van der Waals surface area contributed by atoms with E-state index in [1.54, 1.807) is 43.3 Å². The molecule has 13 nitrogen and oxygen atoms in total. The summed E-state index contributed by atoms with van der Waals surface area (Å²) in [5, 5.41) is 8.57. The number of nitrogens with one attached hydrogen (secondary N) is 1. The molecule has 5 heterocycles. The molecule has 0 aromatic carbocycles. The zero-order chi connectivity index (χ0) is 31.3. The van der Waals surface area contributed by atoms with Gasteiger partial charge in [-0.25, -0.2) is 24.5 Å². The molecule has 0 bridgehead atoms. The topological polar surface area (TPSA) is 165 Å². The Morgan fingerprint density at radius 2 is 1.86 bits per heavy atom. The third-order valence-electron chi connectivity index (χ3n) is 7.68. The van der Waals surface area contributed by atoms with Crippen molar-refractivity contribution in [2.24, 2.45) is 5.11 Å². The van der Waals surface area contributed by atoms with Crippen LogP contribution < -0.4 is 10.1 Å². The van der Waals surface area contributed by atoms with E-state index in [9.17, 15) is 15.1 Å². The van der Waals surface area contributed by atoms with Crippen molar-refractivity contribution in [2.45, 2.75) is 84.2 Å². The number of carbonyl (C=O) groups excluding carboxylic acids is 2. The molecule has 1 amide bonds. The summed E-state index contributed by atoms with van der Waals surface area (Å²) in [6, 6.07) is 5.23. The molecule has 13 heteroatoms. The van der Waals surface area contributed by atoms with Crippen molar-refractivity contribution in [1.82, 2.24) is 19.9 Å². The van der Waals surface area contributed by atoms with E-state index in [1.807, 2.05) is 47.6 Å². The van der Waals surface area contributed by atoms with Gasteiger partial charge in [-0.05, 0) is 69.3 Å². The van der Waals surface area contributed by atoms with Crippen molar-refractivity contribution >= 4 is 34.5 Å². The number of ether oxygens (including phenoxy) is 3. The molecule has 3 aromatic rings. The van der Waals surface area contributed by atoms with E-state index < -0.39 is 22.7 Å². The Morgan fingerprint density at radius 3 is 2.53 bits per heavy atom. The third-order valence-corrected chi connectivity index (χ3v) is 7.68. The molecule has 2 aliphatic rings. The minimum absolute atomic E-state index is 0.119. The highest BCUT2D eigenvalue weighted by atomic mass is 16.6. The molecular formula is C30H36N8O5. The second kappa shape index (κ2) is 10.6. The number of nitrogens with zero attached hydrogens (tertiary/aromatic N) is 7. The lowest BCUT2D eigenvalue weighted by atomic mass is 9.84. The smallest absolute Gasteiger partial charge is 0.410 e. The Balaban J connectivity index is 1.45. The van der Waals surface area contributed by atoms with Crippen LogP contribution in [0.3, 0.4) is 0 Å². The first-order chi connectivity index (χ1) is 20.1. The molecule has 5 rings (SSSR count). The van der Waals surface area contributed by atoms with Gasteiger partial charge in [0, 0.05) is 23.2 Å². The number of carbonyl (C=O) groups is 2. The summed E-state index contributed by atoms with van der Waals surface area (Å²) in [4.78, 5) is 43.3. The van der Waals surface area contributed by atoms with Crippen LogP contribution in [-0.4, -0.2) is 62.3 Å². The summed E-state index contributed by atoms with van der Waals surface area (Å²) in [7, 11) is 0. The number of amides is 1. The largest absolute Gasteiger partial charge is 0.470 e. The van der Waals surface area contributed by atoms with Crippen LogP contribution in [0.1, 0.15) is 82.9 Å². The first kappa shape index (κ1) is 29.8. The Hall–Kier alpha value is -4.64. The Bertz CT molecular complexity index is 1650. The minimum Gasteiger partial charge on any atom is -0.470 e. The van der Waals surface area contributed by atoms with E-state index in [0.717, 1.165) is 5.39 Å². The van der Waals surface area contributed by atoms with E-state index in [1.165, 1.54) is 0 Å². The number of azide groups is 1. The van der Waals surface area contributed by atoms with E-state index in [0.29, 0.717) is 52.8 Å². The number of fused-ring (bicyclic) bond motifs is 2. The molecule has 0 radical (unpaired) electrons. The molecule has 1 fully saturated rings. The second-order valence-electron chi connectivity index (χ2n) is 12.9. The normalized spacial score (nSPS) is 18.2. The third kappa shape index (κ3) is 5.98. The summed E-state index contributed by atoms with van der Waals surface area (Å²) in [6.07, 6.45) is 2.61. The van der Waals surface area contributed by atoms with Crippen molar-refractivity contribution < 1.29 is 23.8 Å². The maximum atomic E-state index is 12.5. The van der Waals surface area contributed by atoms with Crippen LogP contribution in [0.4, 0.5) is 16.4 Å². The van der Waals surface area contributed by atoms with Crippen molar-refractivity contribution in [1.29, 1.82) is 0 Å². The average Bonchev–Trinajstić information content (AvgIpc) is 2.87. The predicted octanol–water partition coefficient (Wildman–Crippen LogP) is 6.36. The van der Waals surface area contributed by atoms with Crippen LogP contribution in [-0.2, 0) is 15.0 Å². The zero-order valence-corrected chi connectivity index (χ0v) is 25.6. The SMILES string of the molecule is CC1c2nc(Nc3cc4c(C(C)(C)N=[N+]=[N-])cnc(OC5CN(C(=O)OC(C)(C)C)C5)c4cn3)ccc2C(=O)OC1(C)C. The van der Waals surface area contributed by atoms with Gasteiger partial charge in [-0.1, -0.05) is 25.9 Å². The van der Waals surface area contributed by atoms with Crippen molar-refractivity contribution in [2.75, 3.05) is 18.4 Å². The first-order valence-electron chi connectivity index (χ1n) is 14.1. The molecule has 1 saturated heterocycles. The van der Waals surface area contributed by atoms with Gasteiger partial charge < -0.3 is 24.4 Å². The van der Waals surface area contributed by atoms with Crippen LogP contribution in [0.25, 0.3) is 21.2 Å². The van der Waals surface area contributed by atoms with Crippen molar-refractivity contribution in [3.8, 4) is 5.88 Å². The highest BCUT2D eigenvalue weighted by molar-refractivity contribution is 5.93. The lowest BCUT2D eigenvalue weighted by Gasteiger charge is -2.39. The number of esters is 1. The molecule has 1 atom stereocenters. The second-order valence-corrected chi connectivity index (χ2v) is 12.9. The summed E-state index contributed by atoms with van der Waals surface area (Å²) >= 11 is 0. The zero-order valence-electron chi connectivity index (χ0n) is 25.6. The quantitative estimate of drug-likeness (QED) is 0.149. The Morgan fingerprint density at radius 1 is 1.14 bits per heavy atom. The van der Waals surface area contributed by atoms with Gasteiger partial charge in [0.15, 0.2) is 0 Å². The van der Waals surface area contributed by atoms with E-state index in [4.69, 9.17) is 19.2 Å².